The molecule has 3 rings (SSSR count). The fraction of sp³-hybridized carbons (Fsp3) is 0.316. The van der Waals surface area contributed by atoms with E-state index in [9.17, 15) is 14.0 Å². The van der Waals surface area contributed by atoms with Crippen molar-refractivity contribution in [3.8, 4) is 11.3 Å². The summed E-state index contributed by atoms with van der Waals surface area (Å²) in [7, 11) is 0. The molecule has 1 heterocycles. The lowest BCUT2D eigenvalue weighted by molar-refractivity contribution is -0.143. The highest BCUT2D eigenvalue weighted by Gasteiger charge is 2.28. The van der Waals surface area contributed by atoms with Gasteiger partial charge in [0.2, 0.25) is 0 Å². The summed E-state index contributed by atoms with van der Waals surface area (Å²) in [6, 6.07) is 9.28. The first-order valence-corrected chi connectivity index (χ1v) is 8.28. The maximum Gasteiger partial charge on any atom is 0.306 e. The number of aromatic nitrogens is 1. The van der Waals surface area contributed by atoms with Crippen LogP contribution in [0.1, 0.15) is 36.0 Å². The van der Waals surface area contributed by atoms with E-state index in [1.165, 1.54) is 18.3 Å². The summed E-state index contributed by atoms with van der Waals surface area (Å²) in [6.45, 7) is 0. The Hall–Kier alpha value is -2.76. The second-order valence-electron chi connectivity index (χ2n) is 6.31. The normalized spacial score (nSPS) is 20.0. The molecular formula is C19H19FN2O3. The van der Waals surface area contributed by atoms with Crippen LogP contribution in [0.4, 0.5) is 4.39 Å². The summed E-state index contributed by atoms with van der Waals surface area (Å²) in [6.07, 6.45) is 4.14. The Morgan fingerprint density at radius 2 is 2.04 bits per heavy atom. The van der Waals surface area contributed by atoms with E-state index in [2.05, 4.69) is 10.3 Å². The summed E-state index contributed by atoms with van der Waals surface area (Å²) >= 11 is 0. The molecule has 1 aliphatic carbocycles. The minimum atomic E-state index is -0.805. The Bertz CT molecular complexity index is 776. The summed E-state index contributed by atoms with van der Waals surface area (Å²) in [4.78, 5) is 27.7. The Kier molecular flexibility index (Phi) is 5.07. The molecular weight excluding hydrogens is 323 g/mol. The largest absolute Gasteiger partial charge is 0.481 e. The molecule has 25 heavy (non-hydrogen) atoms. The van der Waals surface area contributed by atoms with Crippen molar-refractivity contribution in [1.29, 1.82) is 0 Å². The summed E-state index contributed by atoms with van der Waals surface area (Å²) < 4.78 is 13.3. The number of benzene rings is 1. The van der Waals surface area contributed by atoms with E-state index in [0.29, 0.717) is 29.7 Å². The lowest BCUT2D eigenvalue weighted by Crippen LogP contribution is -2.39. The first kappa shape index (κ1) is 17.1. The van der Waals surface area contributed by atoms with Crippen LogP contribution < -0.4 is 5.32 Å². The van der Waals surface area contributed by atoms with Crippen molar-refractivity contribution < 1.29 is 19.1 Å². The van der Waals surface area contributed by atoms with Crippen molar-refractivity contribution in [3.05, 3.63) is 54.0 Å². The topological polar surface area (TPSA) is 79.3 Å². The Balaban J connectivity index is 1.66. The van der Waals surface area contributed by atoms with E-state index in [1.807, 2.05) is 0 Å². The van der Waals surface area contributed by atoms with Gasteiger partial charge in [-0.3, -0.25) is 14.6 Å². The quantitative estimate of drug-likeness (QED) is 0.894. The fourth-order valence-electron chi connectivity index (χ4n) is 3.16. The van der Waals surface area contributed by atoms with Gasteiger partial charge in [-0.2, -0.15) is 0 Å². The molecule has 1 aromatic carbocycles. The number of amides is 1. The first-order valence-electron chi connectivity index (χ1n) is 8.28. The van der Waals surface area contributed by atoms with E-state index < -0.39 is 11.9 Å². The number of nitrogens with one attached hydrogen (secondary N) is 1. The molecule has 0 radical (unpaired) electrons. The highest BCUT2D eigenvalue weighted by Crippen LogP contribution is 2.25. The Morgan fingerprint density at radius 1 is 1.20 bits per heavy atom. The number of carboxylic acid groups (broad SMARTS) is 1. The number of halogens is 1. The zero-order valence-corrected chi connectivity index (χ0v) is 13.6. The van der Waals surface area contributed by atoms with Gasteiger partial charge >= 0.3 is 5.97 Å². The van der Waals surface area contributed by atoms with Crippen LogP contribution in [0.5, 0.6) is 0 Å². The third kappa shape index (κ3) is 4.21. The van der Waals surface area contributed by atoms with Crippen LogP contribution >= 0.6 is 0 Å². The molecule has 1 amide bonds. The number of pyridine rings is 1. The molecule has 0 saturated heterocycles. The Labute approximate surface area is 144 Å². The smallest absolute Gasteiger partial charge is 0.306 e. The third-order valence-corrected chi connectivity index (χ3v) is 4.50. The molecule has 0 aliphatic heterocycles. The van der Waals surface area contributed by atoms with Crippen LogP contribution in [-0.2, 0) is 4.79 Å². The van der Waals surface area contributed by atoms with Crippen LogP contribution in [0.3, 0.4) is 0 Å². The predicted octanol–water partition coefficient (Wildman–Crippen LogP) is 3.26. The van der Waals surface area contributed by atoms with E-state index in [4.69, 9.17) is 5.11 Å². The average molecular weight is 342 g/mol. The van der Waals surface area contributed by atoms with Gasteiger partial charge in [0.1, 0.15) is 5.82 Å². The number of carbonyl (C=O) groups excluding carboxylic acids is 1. The van der Waals surface area contributed by atoms with Gasteiger partial charge in [0.15, 0.2) is 0 Å². The second-order valence-corrected chi connectivity index (χ2v) is 6.31. The van der Waals surface area contributed by atoms with Gasteiger partial charge < -0.3 is 10.4 Å². The van der Waals surface area contributed by atoms with E-state index in [0.717, 1.165) is 12.8 Å². The fourth-order valence-corrected chi connectivity index (χ4v) is 3.16. The molecule has 5 nitrogen and oxygen atoms in total. The number of aliphatic carboxylic acids is 1. The molecule has 1 saturated carbocycles. The SMILES string of the molecule is O=C(NC1CCCC(C(=O)O)C1)c1ccc(-c2cccc(F)c2)nc1. The number of hydrogen-bond donors (Lipinski definition) is 2. The maximum atomic E-state index is 13.3. The van der Waals surface area contributed by atoms with E-state index in [-0.39, 0.29) is 17.8 Å². The maximum absolute atomic E-state index is 13.3. The molecule has 0 bridgehead atoms. The lowest BCUT2D eigenvalue weighted by atomic mass is 9.85. The van der Waals surface area contributed by atoms with Crippen LogP contribution in [0, 0.1) is 11.7 Å². The van der Waals surface area contributed by atoms with Gasteiger partial charge in [-0.15, -0.1) is 0 Å². The summed E-state index contributed by atoms with van der Waals surface area (Å²) in [5.74, 6) is -1.81. The van der Waals surface area contributed by atoms with Gasteiger partial charge in [-0.05, 0) is 43.5 Å². The van der Waals surface area contributed by atoms with Crippen molar-refractivity contribution in [3.63, 3.8) is 0 Å². The van der Waals surface area contributed by atoms with Crippen molar-refractivity contribution in [2.75, 3.05) is 0 Å². The van der Waals surface area contributed by atoms with Crippen LogP contribution in [-0.4, -0.2) is 28.0 Å². The number of nitrogens with zero attached hydrogens (tertiary/aromatic N) is 1. The number of carbonyl (C=O) groups is 2. The highest BCUT2D eigenvalue weighted by atomic mass is 19.1. The molecule has 2 aromatic rings. The minimum Gasteiger partial charge on any atom is -0.481 e. The molecule has 1 aliphatic rings. The van der Waals surface area contributed by atoms with Crippen molar-refractivity contribution in [1.82, 2.24) is 10.3 Å². The lowest BCUT2D eigenvalue weighted by Gasteiger charge is -2.27. The molecule has 1 aromatic heterocycles. The molecule has 0 spiro atoms. The van der Waals surface area contributed by atoms with Crippen LogP contribution in [0.2, 0.25) is 0 Å². The highest BCUT2D eigenvalue weighted by molar-refractivity contribution is 5.94. The number of carboxylic acids is 1. The van der Waals surface area contributed by atoms with E-state index >= 15 is 0 Å². The van der Waals surface area contributed by atoms with Crippen molar-refractivity contribution in [2.24, 2.45) is 5.92 Å². The van der Waals surface area contributed by atoms with Gasteiger partial charge in [0.05, 0.1) is 17.2 Å². The number of rotatable bonds is 4. The van der Waals surface area contributed by atoms with Gasteiger partial charge in [0.25, 0.3) is 5.91 Å². The summed E-state index contributed by atoms with van der Waals surface area (Å²) in [5.41, 5.74) is 1.63. The van der Waals surface area contributed by atoms with Crippen LogP contribution in [0.15, 0.2) is 42.6 Å². The molecule has 130 valence electrons. The molecule has 2 unspecified atom stereocenters. The summed E-state index contributed by atoms with van der Waals surface area (Å²) in [5, 5.41) is 12.0. The molecule has 1 fully saturated rings. The van der Waals surface area contributed by atoms with Gasteiger partial charge in [-0.25, -0.2) is 4.39 Å². The second kappa shape index (κ2) is 7.42. The molecule has 6 heteroatoms. The van der Waals surface area contributed by atoms with E-state index in [1.54, 1.807) is 24.3 Å². The van der Waals surface area contributed by atoms with Crippen molar-refractivity contribution in [2.45, 2.75) is 31.7 Å². The first-order chi connectivity index (χ1) is 12.0. The standard InChI is InChI=1S/C19H19FN2O3/c20-15-5-1-3-12(9-15)17-8-7-14(11-21-17)18(23)22-16-6-2-4-13(10-16)19(24)25/h1,3,5,7-9,11,13,16H,2,4,6,10H2,(H,22,23)(H,24,25). The van der Waals surface area contributed by atoms with Gasteiger partial charge in [0, 0.05) is 17.8 Å². The zero-order valence-electron chi connectivity index (χ0n) is 13.6. The average Bonchev–Trinajstić information content (AvgIpc) is 2.62. The zero-order chi connectivity index (χ0) is 17.8. The molecule has 2 N–H and O–H groups in total. The van der Waals surface area contributed by atoms with Gasteiger partial charge in [-0.1, -0.05) is 18.6 Å². The van der Waals surface area contributed by atoms with Crippen LogP contribution in [0.25, 0.3) is 11.3 Å². The Morgan fingerprint density at radius 3 is 2.72 bits per heavy atom. The molecule has 2 atom stereocenters. The third-order valence-electron chi connectivity index (χ3n) is 4.50. The predicted molar refractivity (Wildman–Crippen MR) is 90.5 cm³/mol. The minimum absolute atomic E-state index is 0.134. The number of hydrogen-bond acceptors (Lipinski definition) is 3. The van der Waals surface area contributed by atoms with Crippen molar-refractivity contribution >= 4 is 11.9 Å². The monoisotopic (exact) mass is 342 g/mol.